The van der Waals surface area contributed by atoms with Crippen LogP contribution in [0.3, 0.4) is 0 Å². The van der Waals surface area contributed by atoms with Gasteiger partial charge in [0.05, 0.1) is 41.4 Å². The number of likely N-dealkylation sites (tertiary alicyclic amines) is 1. The number of para-hydroxylation sites is 1. The highest BCUT2D eigenvalue weighted by molar-refractivity contribution is 8.02. The van der Waals surface area contributed by atoms with E-state index in [0.717, 1.165) is 5.52 Å². The summed E-state index contributed by atoms with van der Waals surface area (Å²) in [7, 11) is 0. The monoisotopic (exact) mass is 672 g/mol. The lowest BCUT2D eigenvalue weighted by molar-refractivity contribution is -0.146. The second kappa shape index (κ2) is 13.8. The lowest BCUT2D eigenvalue weighted by Gasteiger charge is -2.42. The van der Waals surface area contributed by atoms with Crippen molar-refractivity contribution in [1.82, 2.24) is 24.8 Å². The Labute approximate surface area is 285 Å². The lowest BCUT2D eigenvalue weighted by atomic mass is 9.65. The van der Waals surface area contributed by atoms with Gasteiger partial charge in [-0.25, -0.2) is 4.68 Å². The van der Waals surface area contributed by atoms with Crippen LogP contribution >= 0.6 is 11.8 Å². The highest BCUT2D eigenvalue weighted by Crippen LogP contribution is 2.69. The zero-order chi connectivity index (χ0) is 34.2. The molecule has 1 N–H and O–H groups in total. The SMILES string of the molecule is C=CCN(Cn1nnc2ccccc21)C(=O)C1N([C@@H](CC)CO)C(=O)[C@@H]2[C@H](C(=O)N(CC=C)c3ccc(OCC)cc3)[C@@H]3CC(C)C12S3. The van der Waals surface area contributed by atoms with Crippen molar-refractivity contribution in [2.75, 3.05) is 31.2 Å². The van der Waals surface area contributed by atoms with Crippen LogP contribution in [0.1, 0.15) is 33.6 Å². The van der Waals surface area contributed by atoms with Crippen molar-refractivity contribution in [3.8, 4) is 5.75 Å². The van der Waals surface area contributed by atoms with E-state index < -0.39 is 28.7 Å². The Kier molecular flexibility index (Phi) is 9.67. The van der Waals surface area contributed by atoms with Gasteiger partial charge < -0.3 is 24.5 Å². The van der Waals surface area contributed by atoms with Crippen LogP contribution in [0.25, 0.3) is 11.0 Å². The number of fused-ring (bicyclic) bond motifs is 2. The molecule has 48 heavy (non-hydrogen) atoms. The second-order valence-electron chi connectivity index (χ2n) is 12.8. The first-order valence-electron chi connectivity index (χ1n) is 16.7. The van der Waals surface area contributed by atoms with Crippen molar-refractivity contribution in [2.45, 2.75) is 62.4 Å². The van der Waals surface area contributed by atoms with Gasteiger partial charge in [-0.3, -0.25) is 14.4 Å². The summed E-state index contributed by atoms with van der Waals surface area (Å²) in [5, 5.41) is 19.0. The van der Waals surface area contributed by atoms with Gasteiger partial charge in [0, 0.05) is 24.0 Å². The van der Waals surface area contributed by atoms with E-state index >= 15 is 0 Å². The molecular formula is C36H44N6O5S. The van der Waals surface area contributed by atoms with E-state index in [1.807, 2.05) is 62.4 Å². The van der Waals surface area contributed by atoms with Crippen LogP contribution in [0, 0.1) is 17.8 Å². The Bertz CT molecular complexity index is 1690. The zero-order valence-corrected chi connectivity index (χ0v) is 28.6. The van der Waals surface area contributed by atoms with Gasteiger partial charge in [0.25, 0.3) is 0 Å². The average Bonchev–Trinajstić information content (AvgIpc) is 3.82. The summed E-state index contributed by atoms with van der Waals surface area (Å²) < 4.78 is 6.43. The van der Waals surface area contributed by atoms with Crippen LogP contribution < -0.4 is 9.64 Å². The van der Waals surface area contributed by atoms with Crippen LogP contribution in [-0.4, -0.2) is 96.0 Å². The maximum atomic E-state index is 15.0. The molecule has 3 amide bonds. The predicted molar refractivity (Wildman–Crippen MR) is 186 cm³/mol. The normalized spacial score (nSPS) is 26.4. The van der Waals surface area contributed by atoms with E-state index in [0.29, 0.717) is 36.4 Å². The Morgan fingerprint density at radius 2 is 1.85 bits per heavy atom. The topological polar surface area (TPSA) is 121 Å². The van der Waals surface area contributed by atoms with Crippen LogP contribution in [0.5, 0.6) is 5.75 Å². The van der Waals surface area contributed by atoms with E-state index in [1.54, 1.807) is 43.3 Å². The summed E-state index contributed by atoms with van der Waals surface area (Å²) in [4.78, 5) is 49.4. The van der Waals surface area contributed by atoms with Crippen LogP contribution in [-0.2, 0) is 21.1 Å². The molecule has 2 aromatic carbocycles. The van der Waals surface area contributed by atoms with Gasteiger partial charge in [0.2, 0.25) is 17.7 Å². The van der Waals surface area contributed by atoms with E-state index in [1.165, 1.54) is 0 Å². The zero-order valence-electron chi connectivity index (χ0n) is 27.8. The number of ether oxygens (including phenoxy) is 1. The fourth-order valence-corrected chi connectivity index (χ4v) is 10.5. The molecule has 3 aromatic rings. The molecule has 0 saturated carbocycles. The molecule has 3 saturated heterocycles. The lowest BCUT2D eigenvalue weighted by Crippen LogP contribution is -2.59. The standard InChI is InChI=1S/C36H44N6O5S/c1-6-18-39(22-41-28-13-11-10-12-27(28)37-38-41)35(46)32-36-23(5)20-29(48-36)30(31(36)34(45)42(32)24(8-3)21-43)33(44)40(19-7-2)25-14-16-26(17-15-25)47-9-4/h6-7,10-17,23-24,29-32,43H,1-2,8-9,18-22H2,3-5H3/t23?,24-,29-,30+,31-,32?,36?/m0/s1. The number of hydrogen-bond acceptors (Lipinski definition) is 8. The fourth-order valence-electron chi connectivity index (χ4n) is 8.08. The van der Waals surface area contributed by atoms with Crippen molar-refractivity contribution in [2.24, 2.45) is 17.8 Å². The summed E-state index contributed by atoms with van der Waals surface area (Å²) in [6.07, 6.45) is 4.50. The average molecular weight is 673 g/mol. The van der Waals surface area contributed by atoms with Gasteiger partial charge in [0.1, 0.15) is 24.0 Å². The first kappa shape index (κ1) is 33.7. The number of hydrogen-bond donors (Lipinski definition) is 1. The summed E-state index contributed by atoms with van der Waals surface area (Å²) >= 11 is 1.62. The summed E-state index contributed by atoms with van der Waals surface area (Å²) in [5.41, 5.74) is 2.18. The van der Waals surface area contributed by atoms with Crippen LogP contribution in [0.4, 0.5) is 5.69 Å². The number of rotatable bonds is 14. The number of nitrogens with zero attached hydrogens (tertiary/aromatic N) is 6. The Morgan fingerprint density at radius 3 is 2.52 bits per heavy atom. The molecule has 3 aliphatic heterocycles. The molecule has 254 valence electrons. The van der Waals surface area contributed by atoms with Gasteiger partial charge in [-0.1, -0.05) is 43.3 Å². The number of anilines is 1. The molecule has 0 radical (unpaired) electrons. The van der Waals surface area contributed by atoms with Gasteiger partial charge in [-0.15, -0.1) is 30.0 Å². The molecule has 1 aromatic heterocycles. The second-order valence-corrected chi connectivity index (χ2v) is 14.3. The highest BCUT2D eigenvalue weighted by atomic mass is 32.2. The molecule has 12 heteroatoms. The van der Waals surface area contributed by atoms with Crippen molar-refractivity contribution < 1.29 is 24.2 Å². The fraction of sp³-hybridized carbons (Fsp3) is 0.472. The summed E-state index contributed by atoms with van der Waals surface area (Å²) in [5.74, 6) is -1.36. The molecule has 0 aliphatic carbocycles. The first-order valence-corrected chi connectivity index (χ1v) is 17.6. The van der Waals surface area contributed by atoms with Crippen molar-refractivity contribution >= 4 is 46.2 Å². The van der Waals surface area contributed by atoms with Crippen molar-refractivity contribution in [3.63, 3.8) is 0 Å². The number of benzene rings is 2. The number of thioether (sulfide) groups is 1. The molecule has 1 spiro atoms. The molecule has 3 unspecified atom stereocenters. The Morgan fingerprint density at radius 1 is 1.12 bits per heavy atom. The molecule has 7 atom stereocenters. The van der Waals surface area contributed by atoms with E-state index in [2.05, 4.69) is 30.4 Å². The minimum atomic E-state index is -0.886. The minimum Gasteiger partial charge on any atom is -0.494 e. The van der Waals surface area contributed by atoms with Gasteiger partial charge in [0.15, 0.2) is 0 Å². The smallest absolute Gasteiger partial charge is 0.248 e. The van der Waals surface area contributed by atoms with Crippen LogP contribution in [0.2, 0.25) is 0 Å². The molecule has 2 bridgehead atoms. The Balaban J connectivity index is 1.40. The quantitative estimate of drug-likeness (QED) is 0.254. The number of aromatic nitrogens is 3. The number of aliphatic hydroxyl groups is 1. The molecule has 3 fully saturated rings. The molecule has 11 nitrogen and oxygen atoms in total. The number of amides is 3. The predicted octanol–water partition coefficient (Wildman–Crippen LogP) is 4.13. The van der Waals surface area contributed by atoms with E-state index in [4.69, 9.17) is 4.74 Å². The summed E-state index contributed by atoms with van der Waals surface area (Å²) in [6, 6.07) is 13.4. The van der Waals surface area contributed by atoms with Gasteiger partial charge >= 0.3 is 0 Å². The largest absolute Gasteiger partial charge is 0.494 e. The van der Waals surface area contributed by atoms with E-state index in [-0.39, 0.29) is 55.3 Å². The highest BCUT2D eigenvalue weighted by Gasteiger charge is 2.77. The number of carbonyl (C=O) groups excluding carboxylic acids is 3. The van der Waals surface area contributed by atoms with Crippen LogP contribution in [0.15, 0.2) is 73.8 Å². The van der Waals surface area contributed by atoms with Crippen molar-refractivity contribution in [3.05, 3.63) is 73.8 Å². The Hall–Kier alpha value is -4.16. The van der Waals surface area contributed by atoms with Crippen molar-refractivity contribution in [1.29, 1.82) is 0 Å². The third-order valence-electron chi connectivity index (χ3n) is 10.2. The maximum Gasteiger partial charge on any atom is 0.248 e. The molecule has 3 aliphatic rings. The first-order chi connectivity index (χ1) is 23.2. The van der Waals surface area contributed by atoms with Gasteiger partial charge in [-0.05, 0) is 62.1 Å². The minimum absolute atomic E-state index is 0.0308. The molecule has 6 rings (SSSR count). The maximum absolute atomic E-state index is 15.0. The molecule has 4 heterocycles. The summed E-state index contributed by atoms with van der Waals surface area (Å²) in [6.45, 7) is 14.6. The number of aliphatic hydroxyl groups excluding tert-OH is 1. The third kappa shape index (κ3) is 5.38. The third-order valence-corrected chi connectivity index (χ3v) is 12.3. The number of carbonyl (C=O) groups is 3. The van der Waals surface area contributed by atoms with Gasteiger partial charge in [-0.2, -0.15) is 0 Å². The van der Waals surface area contributed by atoms with E-state index in [9.17, 15) is 19.5 Å². The molecular weight excluding hydrogens is 629 g/mol.